The third-order valence-electron chi connectivity index (χ3n) is 3.96. The Labute approximate surface area is 134 Å². The fourth-order valence-electron chi connectivity index (χ4n) is 2.85. The van der Waals surface area contributed by atoms with Crippen LogP contribution >= 0.6 is 0 Å². The number of anilines is 1. The quantitative estimate of drug-likeness (QED) is 0.660. The number of rotatable bonds is 8. The number of alkyl halides is 3. The molecule has 0 heterocycles. The summed E-state index contributed by atoms with van der Waals surface area (Å²) in [4.78, 5) is 11.1. The van der Waals surface area contributed by atoms with Gasteiger partial charge in [0.1, 0.15) is 0 Å². The smallest absolute Gasteiger partial charge is 0.416 e. The maximum atomic E-state index is 13.1. The molecule has 6 heteroatoms. The SMILES string of the molecule is CCCCC(CC(=O)O)c1ccc(C(F)(F)F)c(CCC)c1N. The molecule has 1 atom stereocenters. The van der Waals surface area contributed by atoms with Crippen molar-refractivity contribution in [2.75, 3.05) is 5.73 Å². The van der Waals surface area contributed by atoms with Gasteiger partial charge in [-0.15, -0.1) is 0 Å². The molecule has 23 heavy (non-hydrogen) atoms. The van der Waals surface area contributed by atoms with E-state index in [-0.39, 0.29) is 30.0 Å². The highest BCUT2D eigenvalue weighted by Gasteiger charge is 2.35. The summed E-state index contributed by atoms with van der Waals surface area (Å²) >= 11 is 0. The van der Waals surface area contributed by atoms with Crippen LogP contribution in [0.25, 0.3) is 0 Å². The molecular formula is C17H24F3NO2. The predicted octanol–water partition coefficient (Wildman–Crippen LogP) is 4.99. The minimum atomic E-state index is -4.46. The summed E-state index contributed by atoms with van der Waals surface area (Å²) in [6, 6.07) is 2.39. The molecule has 1 rings (SSSR count). The van der Waals surface area contributed by atoms with Gasteiger partial charge >= 0.3 is 12.1 Å². The second-order valence-corrected chi connectivity index (χ2v) is 5.78. The molecule has 1 aromatic rings. The lowest BCUT2D eigenvalue weighted by Gasteiger charge is -2.22. The average molecular weight is 331 g/mol. The van der Waals surface area contributed by atoms with E-state index in [4.69, 9.17) is 10.8 Å². The minimum absolute atomic E-state index is 0.0874. The van der Waals surface area contributed by atoms with Crippen molar-refractivity contribution < 1.29 is 23.1 Å². The van der Waals surface area contributed by atoms with E-state index in [1.807, 2.05) is 6.92 Å². The van der Waals surface area contributed by atoms with Crippen molar-refractivity contribution in [2.24, 2.45) is 0 Å². The lowest BCUT2D eigenvalue weighted by molar-refractivity contribution is -0.139. The molecule has 130 valence electrons. The molecular weight excluding hydrogens is 307 g/mol. The summed E-state index contributed by atoms with van der Waals surface area (Å²) in [6.07, 6.45) is -1.52. The van der Waals surface area contributed by atoms with Gasteiger partial charge in [-0.1, -0.05) is 39.2 Å². The monoisotopic (exact) mass is 331 g/mol. The molecule has 0 spiro atoms. The zero-order valence-corrected chi connectivity index (χ0v) is 13.5. The van der Waals surface area contributed by atoms with Crippen LogP contribution in [0.5, 0.6) is 0 Å². The second kappa shape index (κ2) is 8.22. The van der Waals surface area contributed by atoms with Crippen LogP contribution < -0.4 is 5.73 Å². The first-order valence-electron chi connectivity index (χ1n) is 7.92. The summed E-state index contributed by atoms with van der Waals surface area (Å²) in [5.74, 6) is -1.33. The van der Waals surface area contributed by atoms with Crippen LogP contribution in [0.2, 0.25) is 0 Å². The van der Waals surface area contributed by atoms with Gasteiger partial charge in [0.25, 0.3) is 0 Å². The highest BCUT2D eigenvalue weighted by molar-refractivity contribution is 5.69. The van der Waals surface area contributed by atoms with E-state index in [2.05, 4.69) is 0 Å². The first-order valence-corrected chi connectivity index (χ1v) is 7.92. The lowest BCUT2D eigenvalue weighted by Crippen LogP contribution is -2.15. The Kier molecular flexibility index (Phi) is 6.91. The third-order valence-corrected chi connectivity index (χ3v) is 3.96. The molecule has 0 aliphatic heterocycles. The molecule has 1 aromatic carbocycles. The Morgan fingerprint density at radius 3 is 2.39 bits per heavy atom. The van der Waals surface area contributed by atoms with Gasteiger partial charge in [0.2, 0.25) is 0 Å². The normalized spacial score (nSPS) is 13.1. The van der Waals surface area contributed by atoms with E-state index in [0.29, 0.717) is 18.4 Å². The maximum Gasteiger partial charge on any atom is 0.416 e. The van der Waals surface area contributed by atoms with Gasteiger partial charge in [-0.05, 0) is 36.0 Å². The molecule has 0 saturated heterocycles. The Balaban J connectivity index is 3.33. The standard InChI is InChI=1S/C17H24F3NO2/c1-3-5-7-11(10-15(22)23)12-8-9-14(17(18,19)20)13(6-4-2)16(12)21/h8-9,11H,3-7,10,21H2,1-2H3,(H,22,23). The zero-order chi connectivity index (χ0) is 17.6. The molecule has 0 bridgehead atoms. The maximum absolute atomic E-state index is 13.1. The number of carbonyl (C=O) groups is 1. The molecule has 0 radical (unpaired) electrons. The Morgan fingerprint density at radius 2 is 1.91 bits per heavy atom. The summed E-state index contributed by atoms with van der Waals surface area (Å²) in [5.41, 5.74) is 6.02. The molecule has 0 aliphatic rings. The molecule has 0 fully saturated rings. The van der Waals surface area contributed by atoms with Crippen LogP contribution in [-0.2, 0) is 17.4 Å². The second-order valence-electron chi connectivity index (χ2n) is 5.78. The molecule has 0 saturated carbocycles. The van der Waals surface area contributed by atoms with Gasteiger partial charge in [0.15, 0.2) is 0 Å². The number of nitrogens with two attached hydrogens (primary N) is 1. The molecule has 3 N–H and O–H groups in total. The molecule has 0 aromatic heterocycles. The number of halogens is 3. The largest absolute Gasteiger partial charge is 0.481 e. The number of hydrogen-bond acceptors (Lipinski definition) is 2. The molecule has 0 amide bonds. The van der Waals surface area contributed by atoms with Crippen molar-refractivity contribution in [1.82, 2.24) is 0 Å². The van der Waals surface area contributed by atoms with Crippen molar-refractivity contribution in [2.45, 2.75) is 64.5 Å². The van der Waals surface area contributed by atoms with Crippen LogP contribution in [0.4, 0.5) is 18.9 Å². The predicted molar refractivity (Wildman–Crippen MR) is 84.4 cm³/mol. The number of benzene rings is 1. The van der Waals surface area contributed by atoms with E-state index >= 15 is 0 Å². The van der Waals surface area contributed by atoms with Crippen LogP contribution in [0.3, 0.4) is 0 Å². The number of nitrogen functional groups attached to an aromatic ring is 1. The number of hydrogen-bond donors (Lipinski definition) is 2. The summed E-state index contributed by atoms with van der Waals surface area (Å²) in [7, 11) is 0. The van der Waals surface area contributed by atoms with Crippen LogP contribution in [0, 0.1) is 0 Å². The Morgan fingerprint density at radius 1 is 1.26 bits per heavy atom. The average Bonchev–Trinajstić information content (AvgIpc) is 2.44. The lowest BCUT2D eigenvalue weighted by atomic mass is 9.86. The van der Waals surface area contributed by atoms with Crippen molar-refractivity contribution >= 4 is 11.7 Å². The minimum Gasteiger partial charge on any atom is -0.481 e. The Hall–Kier alpha value is -1.72. The summed E-state index contributed by atoms with van der Waals surface area (Å²) in [6.45, 7) is 3.77. The van der Waals surface area contributed by atoms with Gasteiger partial charge in [0.05, 0.1) is 12.0 Å². The fraction of sp³-hybridized carbons (Fsp3) is 0.588. The zero-order valence-electron chi connectivity index (χ0n) is 13.5. The van der Waals surface area contributed by atoms with E-state index in [0.717, 1.165) is 18.9 Å². The number of carboxylic acid groups (broad SMARTS) is 1. The van der Waals surface area contributed by atoms with Crippen LogP contribution in [-0.4, -0.2) is 11.1 Å². The van der Waals surface area contributed by atoms with Crippen molar-refractivity contribution in [3.05, 3.63) is 28.8 Å². The summed E-state index contributed by atoms with van der Waals surface area (Å²) in [5, 5.41) is 9.07. The van der Waals surface area contributed by atoms with Crippen molar-refractivity contribution in [3.8, 4) is 0 Å². The first-order chi connectivity index (χ1) is 10.7. The van der Waals surface area contributed by atoms with E-state index in [9.17, 15) is 18.0 Å². The highest BCUT2D eigenvalue weighted by atomic mass is 19.4. The number of aliphatic carboxylic acids is 1. The van der Waals surface area contributed by atoms with Gasteiger partial charge < -0.3 is 10.8 Å². The van der Waals surface area contributed by atoms with Crippen molar-refractivity contribution in [3.63, 3.8) is 0 Å². The fourth-order valence-corrected chi connectivity index (χ4v) is 2.85. The van der Waals surface area contributed by atoms with Gasteiger partial charge in [-0.2, -0.15) is 13.2 Å². The van der Waals surface area contributed by atoms with E-state index in [1.165, 1.54) is 6.07 Å². The molecule has 3 nitrogen and oxygen atoms in total. The molecule has 0 aliphatic carbocycles. The van der Waals surface area contributed by atoms with E-state index in [1.54, 1.807) is 6.92 Å². The third kappa shape index (κ3) is 5.15. The van der Waals surface area contributed by atoms with Crippen LogP contribution in [0.15, 0.2) is 12.1 Å². The van der Waals surface area contributed by atoms with Gasteiger partial charge in [-0.25, -0.2) is 0 Å². The van der Waals surface area contributed by atoms with E-state index < -0.39 is 17.7 Å². The van der Waals surface area contributed by atoms with Crippen molar-refractivity contribution in [1.29, 1.82) is 0 Å². The first kappa shape index (κ1) is 19.3. The van der Waals surface area contributed by atoms with Gasteiger partial charge in [-0.3, -0.25) is 4.79 Å². The Bertz CT molecular complexity index is 541. The topological polar surface area (TPSA) is 63.3 Å². The van der Waals surface area contributed by atoms with Gasteiger partial charge in [0, 0.05) is 5.69 Å². The highest BCUT2D eigenvalue weighted by Crippen LogP contribution is 2.40. The van der Waals surface area contributed by atoms with Crippen LogP contribution in [0.1, 0.15) is 68.6 Å². The molecule has 1 unspecified atom stereocenters. The number of carboxylic acids is 1. The number of unbranched alkanes of at least 4 members (excludes halogenated alkanes) is 1. The summed E-state index contributed by atoms with van der Waals surface area (Å²) < 4.78 is 39.4.